The normalized spacial score (nSPS) is 15.3. The van der Waals surface area contributed by atoms with E-state index in [0.717, 1.165) is 22.3 Å². The first kappa shape index (κ1) is 29.9. The molecule has 0 unspecified atom stereocenters. The number of fused-ring (bicyclic) bond motifs is 3. The Bertz CT molecular complexity index is 1140. The first-order valence-electron chi connectivity index (χ1n) is 12.8. The van der Waals surface area contributed by atoms with Crippen molar-refractivity contribution in [2.45, 2.75) is 76.9 Å². The van der Waals surface area contributed by atoms with Gasteiger partial charge in [0.15, 0.2) is 6.04 Å². The minimum Gasteiger partial charge on any atom is -0.458 e. The van der Waals surface area contributed by atoms with E-state index in [-0.39, 0.29) is 12.5 Å². The molecular formula is C29H38N2O8. The lowest BCUT2D eigenvalue weighted by molar-refractivity contribution is -0.162. The number of hydrogen-bond donors (Lipinski definition) is 4. The van der Waals surface area contributed by atoms with Crippen LogP contribution in [-0.2, 0) is 19.0 Å². The van der Waals surface area contributed by atoms with Crippen molar-refractivity contribution < 1.29 is 38.8 Å². The summed E-state index contributed by atoms with van der Waals surface area (Å²) in [4.78, 5) is 37.5. The number of ether oxygens (including phenoxy) is 3. The van der Waals surface area contributed by atoms with Gasteiger partial charge in [-0.3, -0.25) is 0 Å². The third-order valence-corrected chi connectivity index (χ3v) is 5.87. The number of carbonyl (C=O) groups excluding carboxylic acids is 3. The van der Waals surface area contributed by atoms with Crippen LogP contribution in [0.1, 0.15) is 58.6 Å². The van der Waals surface area contributed by atoms with E-state index < -0.39 is 54.2 Å². The Labute approximate surface area is 228 Å². The molecule has 0 saturated carbocycles. The van der Waals surface area contributed by atoms with Crippen LogP contribution in [0.5, 0.6) is 0 Å². The van der Waals surface area contributed by atoms with Gasteiger partial charge in [0.2, 0.25) is 0 Å². The molecule has 212 valence electrons. The van der Waals surface area contributed by atoms with E-state index in [9.17, 15) is 24.6 Å². The van der Waals surface area contributed by atoms with Crippen LogP contribution in [0.4, 0.5) is 9.59 Å². The highest BCUT2D eigenvalue weighted by molar-refractivity contribution is 5.82. The lowest BCUT2D eigenvalue weighted by Crippen LogP contribution is -2.57. The van der Waals surface area contributed by atoms with Crippen LogP contribution < -0.4 is 10.6 Å². The number of alkyl carbamates (subject to hydrolysis) is 2. The SMILES string of the molecule is CC(C)(C)OC(=O)N[C@H](C(=O)OC(C)(C)C)[C@@H](O)[C@H](O)CNC(=O)OCC1c2ccccc2-c2ccccc21. The average molecular weight is 543 g/mol. The van der Waals surface area contributed by atoms with E-state index in [4.69, 9.17) is 14.2 Å². The topological polar surface area (TPSA) is 143 Å². The molecular weight excluding hydrogens is 504 g/mol. The van der Waals surface area contributed by atoms with Gasteiger partial charge in [-0.2, -0.15) is 0 Å². The van der Waals surface area contributed by atoms with Crippen LogP contribution in [0, 0.1) is 0 Å². The lowest BCUT2D eigenvalue weighted by atomic mass is 9.98. The molecule has 10 nitrogen and oxygen atoms in total. The number of amides is 2. The number of aliphatic hydroxyl groups is 2. The molecule has 0 aliphatic heterocycles. The Kier molecular flexibility index (Phi) is 9.24. The molecule has 0 fully saturated rings. The number of carbonyl (C=O) groups is 3. The number of aliphatic hydroxyl groups excluding tert-OH is 2. The van der Waals surface area contributed by atoms with Crippen molar-refractivity contribution in [3.05, 3.63) is 59.7 Å². The maximum atomic E-state index is 12.7. The third kappa shape index (κ3) is 8.18. The molecule has 1 aliphatic rings. The van der Waals surface area contributed by atoms with Gasteiger partial charge in [-0.25, -0.2) is 14.4 Å². The highest BCUT2D eigenvalue weighted by Gasteiger charge is 2.38. The summed E-state index contributed by atoms with van der Waals surface area (Å²) in [7, 11) is 0. The van der Waals surface area contributed by atoms with Crippen LogP contribution >= 0.6 is 0 Å². The molecule has 10 heteroatoms. The van der Waals surface area contributed by atoms with E-state index in [0.29, 0.717) is 0 Å². The quantitative estimate of drug-likeness (QED) is 0.293. The van der Waals surface area contributed by atoms with E-state index in [1.807, 2.05) is 48.5 Å². The fourth-order valence-electron chi connectivity index (χ4n) is 4.26. The van der Waals surface area contributed by atoms with Gasteiger partial charge in [-0.05, 0) is 63.8 Å². The molecule has 2 amide bonds. The molecule has 2 aromatic carbocycles. The zero-order valence-corrected chi connectivity index (χ0v) is 23.2. The Morgan fingerprint density at radius 2 is 1.33 bits per heavy atom. The fourth-order valence-corrected chi connectivity index (χ4v) is 4.26. The van der Waals surface area contributed by atoms with E-state index >= 15 is 0 Å². The molecule has 2 aromatic rings. The lowest BCUT2D eigenvalue weighted by Gasteiger charge is -2.30. The largest absolute Gasteiger partial charge is 0.458 e. The summed E-state index contributed by atoms with van der Waals surface area (Å²) in [6.45, 7) is 9.40. The van der Waals surface area contributed by atoms with E-state index in [1.165, 1.54) is 0 Å². The predicted octanol–water partition coefficient (Wildman–Crippen LogP) is 3.48. The Morgan fingerprint density at radius 3 is 1.85 bits per heavy atom. The molecule has 4 N–H and O–H groups in total. The van der Waals surface area contributed by atoms with Gasteiger partial charge in [0.25, 0.3) is 0 Å². The summed E-state index contributed by atoms with van der Waals surface area (Å²) in [6.07, 6.45) is -5.25. The van der Waals surface area contributed by atoms with Crippen LogP contribution in [-0.4, -0.2) is 71.0 Å². The zero-order valence-electron chi connectivity index (χ0n) is 23.2. The van der Waals surface area contributed by atoms with Crippen molar-refractivity contribution in [3.63, 3.8) is 0 Å². The van der Waals surface area contributed by atoms with Crippen LogP contribution in [0.25, 0.3) is 11.1 Å². The molecule has 39 heavy (non-hydrogen) atoms. The zero-order chi connectivity index (χ0) is 29.0. The number of hydrogen-bond acceptors (Lipinski definition) is 8. The van der Waals surface area contributed by atoms with Gasteiger partial charge >= 0.3 is 18.2 Å². The minimum atomic E-state index is -1.82. The molecule has 3 rings (SSSR count). The third-order valence-electron chi connectivity index (χ3n) is 5.87. The molecule has 1 aliphatic carbocycles. The van der Waals surface area contributed by atoms with Gasteiger partial charge in [-0.15, -0.1) is 0 Å². The molecule has 0 radical (unpaired) electrons. The molecule has 3 atom stereocenters. The highest BCUT2D eigenvalue weighted by atomic mass is 16.6. The first-order valence-corrected chi connectivity index (χ1v) is 12.8. The summed E-state index contributed by atoms with van der Waals surface area (Å²) >= 11 is 0. The molecule has 0 bridgehead atoms. The standard InChI is InChI=1S/C29H38N2O8/c1-28(2,3)38-25(34)23(31-27(36)39-29(4,5)6)24(33)22(32)15-30-26(35)37-16-21-19-13-9-7-11-17(19)18-12-8-10-14-20(18)21/h7-14,21-24,32-33H,15-16H2,1-6H3,(H,30,35)(H,31,36)/t22-,23+,24+/m1/s1. The predicted molar refractivity (Wildman–Crippen MR) is 144 cm³/mol. The second kappa shape index (κ2) is 12.0. The smallest absolute Gasteiger partial charge is 0.408 e. The van der Waals surface area contributed by atoms with Gasteiger partial charge in [-0.1, -0.05) is 48.5 Å². The van der Waals surface area contributed by atoms with Gasteiger partial charge < -0.3 is 35.1 Å². The monoisotopic (exact) mass is 542 g/mol. The Hall–Kier alpha value is -3.63. The molecule has 0 aromatic heterocycles. The van der Waals surface area contributed by atoms with Crippen LogP contribution in [0.15, 0.2) is 48.5 Å². The second-order valence-corrected chi connectivity index (χ2v) is 11.4. The van der Waals surface area contributed by atoms with Crippen molar-refractivity contribution in [2.24, 2.45) is 0 Å². The van der Waals surface area contributed by atoms with Gasteiger partial charge in [0.05, 0.1) is 6.10 Å². The maximum Gasteiger partial charge on any atom is 0.408 e. The number of nitrogens with one attached hydrogen (secondary N) is 2. The fraction of sp³-hybridized carbons (Fsp3) is 0.483. The number of benzene rings is 2. The summed E-state index contributed by atoms with van der Waals surface area (Å²) < 4.78 is 15.9. The molecule has 0 spiro atoms. The van der Waals surface area contributed by atoms with Crippen molar-refractivity contribution in [1.82, 2.24) is 10.6 Å². The highest BCUT2D eigenvalue weighted by Crippen LogP contribution is 2.44. The minimum absolute atomic E-state index is 0.0687. The number of esters is 1. The molecule has 0 saturated heterocycles. The van der Waals surface area contributed by atoms with Crippen molar-refractivity contribution in [2.75, 3.05) is 13.2 Å². The summed E-state index contributed by atoms with van der Waals surface area (Å²) in [6, 6.07) is 14.2. The van der Waals surface area contributed by atoms with E-state index in [1.54, 1.807) is 41.5 Å². The first-order chi connectivity index (χ1) is 18.2. The van der Waals surface area contributed by atoms with E-state index in [2.05, 4.69) is 10.6 Å². The summed E-state index contributed by atoms with van der Waals surface area (Å²) in [5.41, 5.74) is 2.50. The maximum absolute atomic E-state index is 12.7. The summed E-state index contributed by atoms with van der Waals surface area (Å²) in [5, 5.41) is 25.9. The Morgan fingerprint density at radius 1 is 0.821 bits per heavy atom. The van der Waals surface area contributed by atoms with Crippen molar-refractivity contribution >= 4 is 18.2 Å². The van der Waals surface area contributed by atoms with Crippen LogP contribution in [0.2, 0.25) is 0 Å². The Balaban J connectivity index is 1.60. The molecule has 0 heterocycles. The van der Waals surface area contributed by atoms with Crippen molar-refractivity contribution in [1.29, 1.82) is 0 Å². The van der Waals surface area contributed by atoms with Crippen LogP contribution in [0.3, 0.4) is 0 Å². The average Bonchev–Trinajstić information content (AvgIpc) is 3.15. The van der Waals surface area contributed by atoms with Gasteiger partial charge in [0, 0.05) is 12.5 Å². The van der Waals surface area contributed by atoms with Crippen molar-refractivity contribution in [3.8, 4) is 11.1 Å². The second-order valence-electron chi connectivity index (χ2n) is 11.4. The van der Waals surface area contributed by atoms with Gasteiger partial charge in [0.1, 0.15) is 23.9 Å². The summed E-state index contributed by atoms with van der Waals surface area (Å²) in [5.74, 6) is -1.12. The number of rotatable bonds is 8.